The molecule has 1 unspecified atom stereocenters. The molecule has 3 aromatic rings. The molecule has 1 aromatic carbocycles. The Morgan fingerprint density at radius 1 is 1.19 bits per heavy atom. The highest BCUT2D eigenvalue weighted by Crippen LogP contribution is 2.14. The number of carbonyl (C=O) groups is 1. The summed E-state index contributed by atoms with van der Waals surface area (Å²) in [7, 11) is -3.79. The van der Waals surface area contributed by atoms with E-state index in [0.717, 1.165) is 4.47 Å². The van der Waals surface area contributed by atoms with E-state index in [4.69, 9.17) is 0 Å². The zero-order chi connectivity index (χ0) is 18.7. The fourth-order valence-electron chi connectivity index (χ4n) is 2.30. The number of sulfonamides is 1. The minimum absolute atomic E-state index is 0.0869. The van der Waals surface area contributed by atoms with Crippen LogP contribution in [-0.4, -0.2) is 35.0 Å². The number of aromatic nitrogens is 3. The van der Waals surface area contributed by atoms with Gasteiger partial charge in [-0.15, -0.1) is 10.2 Å². The summed E-state index contributed by atoms with van der Waals surface area (Å²) in [5.41, 5.74) is 0.667. The van der Waals surface area contributed by atoms with Crippen molar-refractivity contribution in [1.82, 2.24) is 24.6 Å². The number of fused-ring (bicyclic) bond motifs is 1. The molecular weight excluding hydrogens is 422 g/mol. The lowest BCUT2D eigenvalue weighted by Crippen LogP contribution is -2.44. The van der Waals surface area contributed by atoms with Crippen LogP contribution in [-0.2, 0) is 21.4 Å². The van der Waals surface area contributed by atoms with E-state index in [1.807, 2.05) is 12.1 Å². The van der Waals surface area contributed by atoms with Gasteiger partial charge in [-0.3, -0.25) is 9.20 Å². The third-order valence-electron chi connectivity index (χ3n) is 3.65. The van der Waals surface area contributed by atoms with Gasteiger partial charge in [-0.1, -0.05) is 22.0 Å². The van der Waals surface area contributed by atoms with Gasteiger partial charge < -0.3 is 5.32 Å². The molecule has 1 amide bonds. The average molecular weight is 438 g/mol. The van der Waals surface area contributed by atoms with Gasteiger partial charge in [0.2, 0.25) is 15.9 Å². The molecule has 0 aliphatic rings. The van der Waals surface area contributed by atoms with E-state index < -0.39 is 22.0 Å². The van der Waals surface area contributed by atoms with Gasteiger partial charge in [-0.25, -0.2) is 8.42 Å². The van der Waals surface area contributed by atoms with Gasteiger partial charge in [0.05, 0.1) is 17.5 Å². The van der Waals surface area contributed by atoms with E-state index >= 15 is 0 Å². The maximum absolute atomic E-state index is 12.3. The molecule has 10 heteroatoms. The molecule has 2 heterocycles. The number of pyridine rings is 1. The first-order valence-electron chi connectivity index (χ1n) is 7.71. The summed E-state index contributed by atoms with van der Waals surface area (Å²) in [6.45, 7) is 1.61. The summed E-state index contributed by atoms with van der Waals surface area (Å²) in [6.07, 6.45) is 1.79. The van der Waals surface area contributed by atoms with Crippen molar-refractivity contribution < 1.29 is 13.2 Å². The highest BCUT2D eigenvalue weighted by Gasteiger charge is 2.22. The predicted molar refractivity (Wildman–Crippen MR) is 98.8 cm³/mol. The van der Waals surface area contributed by atoms with Crippen molar-refractivity contribution in [2.24, 2.45) is 0 Å². The number of benzene rings is 1. The molecule has 8 nitrogen and oxygen atoms in total. The van der Waals surface area contributed by atoms with Crippen LogP contribution in [0.4, 0.5) is 0 Å². The van der Waals surface area contributed by atoms with Crippen LogP contribution in [0.25, 0.3) is 5.65 Å². The number of nitrogens with zero attached hydrogens (tertiary/aromatic N) is 3. The van der Waals surface area contributed by atoms with Crippen LogP contribution in [0.1, 0.15) is 12.7 Å². The highest BCUT2D eigenvalue weighted by molar-refractivity contribution is 9.10. The zero-order valence-corrected chi connectivity index (χ0v) is 16.2. The number of nitrogens with one attached hydrogen (secondary N) is 2. The minimum Gasteiger partial charge on any atom is -0.347 e. The monoisotopic (exact) mass is 437 g/mol. The molecule has 0 aliphatic carbocycles. The zero-order valence-electron chi connectivity index (χ0n) is 13.8. The smallest absolute Gasteiger partial charge is 0.241 e. The van der Waals surface area contributed by atoms with Crippen molar-refractivity contribution in [1.29, 1.82) is 0 Å². The lowest BCUT2D eigenvalue weighted by Gasteiger charge is -2.14. The molecule has 26 heavy (non-hydrogen) atoms. The number of amides is 1. The minimum atomic E-state index is -3.79. The van der Waals surface area contributed by atoms with Gasteiger partial charge in [0.15, 0.2) is 11.5 Å². The second kappa shape index (κ2) is 7.52. The van der Waals surface area contributed by atoms with Crippen LogP contribution in [0.3, 0.4) is 0 Å². The van der Waals surface area contributed by atoms with Gasteiger partial charge in [-0.2, -0.15) is 4.72 Å². The van der Waals surface area contributed by atoms with Crippen molar-refractivity contribution in [2.75, 3.05) is 0 Å². The number of hydrogen-bond donors (Lipinski definition) is 2. The Bertz CT molecular complexity index is 1030. The maximum atomic E-state index is 12.3. The highest BCUT2D eigenvalue weighted by atomic mass is 79.9. The first-order chi connectivity index (χ1) is 12.4. The number of halogens is 1. The van der Waals surface area contributed by atoms with Gasteiger partial charge in [0.25, 0.3) is 0 Å². The van der Waals surface area contributed by atoms with Crippen molar-refractivity contribution in [3.63, 3.8) is 0 Å². The third-order valence-corrected chi connectivity index (χ3v) is 5.74. The molecule has 0 bridgehead atoms. The summed E-state index contributed by atoms with van der Waals surface area (Å²) in [4.78, 5) is 12.3. The van der Waals surface area contributed by atoms with Crippen molar-refractivity contribution in [2.45, 2.75) is 24.4 Å². The topological polar surface area (TPSA) is 105 Å². The molecular formula is C16H16BrN5O3S. The van der Waals surface area contributed by atoms with Crippen LogP contribution in [0.5, 0.6) is 0 Å². The predicted octanol–water partition coefficient (Wildman–Crippen LogP) is 1.48. The Morgan fingerprint density at radius 2 is 1.92 bits per heavy atom. The van der Waals surface area contributed by atoms with Gasteiger partial charge in [0, 0.05) is 10.7 Å². The Labute approximate surface area is 158 Å². The number of hydrogen-bond acceptors (Lipinski definition) is 5. The first kappa shape index (κ1) is 18.5. The Balaban J connectivity index is 1.63. The molecule has 0 radical (unpaired) electrons. The normalized spacial score (nSPS) is 12.8. The van der Waals surface area contributed by atoms with Crippen LogP contribution in [0.15, 0.2) is 58.0 Å². The van der Waals surface area contributed by atoms with E-state index in [1.165, 1.54) is 19.1 Å². The first-order valence-corrected chi connectivity index (χ1v) is 9.99. The SMILES string of the molecule is CC(NS(=O)(=O)c1ccc(Br)cc1)C(=O)NCc1nnc2ccccn12. The van der Waals surface area contributed by atoms with Gasteiger partial charge >= 0.3 is 0 Å². The Morgan fingerprint density at radius 3 is 2.65 bits per heavy atom. The lowest BCUT2D eigenvalue weighted by atomic mass is 10.3. The fraction of sp³-hybridized carbons (Fsp3) is 0.188. The third kappa shape index (κ3) is 4.09. The molecule has 136 valence electrons. The molecule has 0 saturated heterocycles. The Hall–Kier alpha value is -2.30. The molecule has 0 spiro atoms. The van der Waals surface area contributed by atoms with E-state index in [0.29, 0.717) is 11.5 Å². The van der Waals surface area contributed by atoms with Crippen LogP contribution < -0.4 is 10.0 Å². The lowest BCUT2D eigenvalue weighted by molar-refractivity contribution is -0.122. The summed E-state index contributed by atoms with van der Waals surface area (Å²) in [6, 6.07) is 10.7. The molecule has 2 aromatic heterocycles. The van der Waals surface area contributed by atoms with Crippen LogP contribution >= 0.6 is 15.9 Å². The van der Waals surface area contributed by atoms with Crippen molar-refractivity contribution in [3.05, 3.63) is 59.0 Å². The van der Waals surface area contributed by atoms with Crippen LogP contribution in [0, 0.1) is 0 Å². The second-order valence-electron chi connectivity index (χ2n) is 5.56. The molecule has 1 atom stereocenters. The van der Waals surface area contributed by atoms with E-state index in [9.17, 15) is 13.2 Å². The van der Waals surface area contributed by atoms with Crippen molar-refractivity contribution >= 4 is 37.5 Å². The van der Waals surface area contributed by atoms with Crippen LogP contribution in [0.2, 0.25) is 0 Å². The second-order valence-corrected chi connectivity index (χ2v) is 8.19. The quantitative estimate of drug-likeness (QED) is 0.607. The van der Waals surface area contributed by atoms with Gasteiger partial charge in [0.1, 0.15) is 0 Å². The molecule has 3 rings (SSSR count). The van der Waals surface area contributed by atoms with E-state index in [2.05, 4.69) is 36.2 Å². The molecule has 0 aliphatic heterocycles. The standard InChI is InChI=1S/C16H16BrN5O3S/c1-11(21-26(24,25)13-7-5-12(17)6-8-13)16(23)18-10-15-20-19-14-4-2-3-9-22(14)15/h2-9,11,21H,10H2,1H3,(H,18,23). The summed E-state index contributed by atoms with van der Waals surface area (Å²) in [5, 5.41) is 10.7. The summed E-state index contributed by atoms with van der Waals surface area (Å²) in [5.74, 6) is 0.0929. The number of carbonyl (C=O) groups excluding carboxylic acids is 1. The van der Waals surface area contributed by atoms with E-state index in [-0.39, 0.29) is 11.4 Å². The molecule has 0 saturated carbocycles. The maximum Gasteiger partial charge on any atom is 0.241 e. The van der Waals surface area contributed by atoms with Gasteiger partial charge in [-0.05, 0) is 43.3 Å². The average Bonchev–Trinajstić information content (AvgIpc) is 3.03. The number of rotatable bonds is 6. The Kier molecular flexibility index (Phi) is 5.35. The van der Waals surface area contributed by atoms with E-state index in [1.54, 1.807) is 28.8 Å². The molecule has 2 N–H and O–H groups in total. The van der Waals surface area contributed by atoms with Crippen molar-refractivity contribution in [3.8, 4) is 0 Å². The largest absolute Gasteiger partial charge is 0.347 e. The summed E-state index contributed by atoms with van der Waals surface area (Å²) < 4.78 is 29.5. The molecule has 0 fully saturated rings. The summed E-state index contributed by atoms with van der Waals surface area (Å²) >= 11 is 3.25. The fourth-order valence-corrected chi connectivity index (χ4v) is 3.77.